The lowest BCUT2D eigenvalue weighted by molar-refractivity contribution is -0.121. The summed E-state index contributed by atoms with van der Waals surface area (Å²) >= 11 is 0. The number of nitriles is 1. The Bertz CT molecular complexity index is 454. The van der Waals surface area contributed by atoms with Gasteiger partial charge in [-0.15, -0.1) is 0 Å². The van der Waals surface area contributed by atoms with Crippen LogP contribution in [0.2, 0.25) is 0 Å². The zero-order chi connectivity index (χ0) is 14.1. The number of amides is 1. The zero-order valence-electron chi connectivity index (χ0n) is 11.3. The molecule has 0 spiro atoms. The molecule has 0 radical (unpaired) electrons. The number of carbonyl (C=O) groups excluding carboxylic acids is 1. The van der Waals surface area contributed by atoms with Gasteiger partial charge in [-0.05, 0) is 18.7 Å². The fourth-order valence-electron chi connectivity index (χ4n) is 1.60. The van der Waals surface area contributed by atoms with Gasteiger partial charge < -0.3 is 10.1 Å². The standard InChI is InChI=1S/C14H19N3O2/c1-3-17(11-14(18)16-2)8-9-19-13-7-5-4-6-12(13)10-15/h4-7H,3,8-9,11H2,1-2H3,(H,16,18). The summed E-state index contributed by atoms with van der Waals surface area (Å²) in [7, 11) is 1.62. The molecule has 0 saturated carbocycles. The number of carbonyl (C=O) groups is 1. The van der Waals surface area contributed by atoms with E-state index < -0.39 is 0 Å². The van der Waals surface area contributed by atoms with Crippen LogP contribution in [0.4, 0.5) is 0 Å². The molecule has 0 bridgehead atoms. The molecule has 0 aliphatic heterocycles. The minimum absolute atomic E-state index is 0.0146. The van der Waals surface area contributed by atoms with Crippen molar-refractivity contribution in [2.24, 2.45) is 0 Å². The first kappa shape index (κ1) is 15.0. The molecule has 102 valence electrons. The molecule has 1 aromatic carbocycles. The smallest absolute Gasteiger partial charge is 0.233 e. The van der Waals surface area contributed by atoms with E-state index in [1.54, 1.807) is 25.2 Å². The summed E-state index contributed by atoms with van der Waals surface area (Å²) in [4.78, 5) is 13.3. The second-order valence-corrected chi connectivity index (χ2v) is 4.00. The Kier molecular flexibility index (Phi) is 6.41. The van der Waals surface area contributed by atoms with E-state index in [2.05, 4.69) is 11.4 Å². The van der Waals surface area contributed by atoms with Crippen molar-refractivity contribution in [1.82, 2.24) is 10.2 Å². The van der Waals surface area contributed by atoms with Gasteiger partial charge in [-0.25, -0.2) is 0 Å². The summed E-state index contributed by atoms with van der Waals surface area (Å²) in [6.45, 7) is 4.21. The first-order valence-corrected chi connectivity index (χ1v) is 6.26. The van der Waals surface area contributed by atoms with Crippen LogP contribution in [0.5, 0.6) is 5.75 Å². The summed E-state index contributed by atoms with van der Waals surface area (Å²) in [6.07, 6.45) is 0. The fourth-order valence-corrected chi connectivity index (χ4v) is 1.60. The van der Waals surface area contributed by atoms with Gasteiger partial charge in [0.15, 0.2) is 0 Å². The van der Waals surface area contributed by atoms with Crippen LogP contribution in [0.3, 0.4) is 0 Å². The Hall–Kier alpha value is -2.06. The third-order valence-electron chi connectivity index (χ3n) is 2.77. The number of hydrogen-bond acceptors (Lipinski definition) is 4. The molecule has 1 amide bonds. The van der Waals surface area contributed by atoms with Crippen molar-refractivity contribution >= 4 is 5.91 Å². The number of ether oxygens (including phenoxy) is 1. The van der Waals surface area contributed by atoms with E-state index in [0.717, 1.165) is 6.54 Å². The maximum absolute atomic E-state index is 11.3. The van der Waals surface area contributed by atoms with Crippen molar-refractivity contribution in [1.29, 1.82) is 5.26 Å². The highest BCUT2D eigenvalue weighted by Gasteiger charge is 2.08. The predicted molar refractivity (Wildman–Crippen MR) is 72.8 cm³/mol. The van der Waals surface area contributed by atoms with Gasteiger partial charge in [0.1, 0.15) is 18.4 Å². The topological polar surface area (TPSA) is 65.4 Å². The Morgan fingerprint density at radius 3 is 2.84 bits per heavy atom. The first-order chi connectivity index (χ1) is 9.21. The van der Waals surface area contributed by atoms with E-state index in [-0.39, 0.29) is 5.91 Å². The number of rotatable bonds is 7. The van der Waals surface area contributed by atoms with Crippen molar-refractivity contribution in [2.45, 2.75) is 6.92 Å². The third-order valence-corrected chi connectivity index (χ3v) is 2.77. The van der Waals surface area contributed by atoms with Crippen LogP contribution in [0.25, 0.3) is 0 Å². The van der Waals surface area contributed by atoms with Gasteiger partial charge in [-0.2, -0.15) is 5.26 Å². The van der Waals surface area contributed by atoms with E-state index in [0.29, 0.717) is 31.0 Å². The van der Waals surface area contributed by atoms with Gasteiger partial charge in [0, 0.05) is 13.6 Å². The van der Waals surface area contributed by atoms with Crippen LogP contribution in [0.15, 0.2) is 24.3 Å². The molecule has 5 heteroatoms. The van der Waals surface area contributed by atoms with E-state index in [9.17, 15) is 4.79 Å². The maximum atomic E-state index is 11.3. The molecule has 0 atom stereocenters. The van der Waals surface area contributed by atoms with Crippen LogP contribution < -0.4 is 10.1 Å². The quantitative estimate of drug-likeness (QED) is 0.795. The van der Waals surface area contributed by atoms with E-state index >= 15 is 0 Å². The van der Waals surface area contributed by atoms with Crippen LogP contribution >= 0.6 is 0 Å². The van der Waals surface area contributed by atoms with Gasteiger partial charge in [0.05, 0.1) is 12.1 Å². The van der Waals surface area contributed by atoms with Crippen molar-refractivity contribution < 1.29 is 9.53 Å². The molecule has 1 N–H and O–H groups in total. The molecule has 1 rings (SSSR count). The molecular weight excluding hydrogens is 242 g/mol. The Balaban J connectivity index is 2.44. The summed E-state index contributed by atoms with van der Waals surface area (Å²) < 4.78 is 5.58. The minimum Gasteiger partial charge on any atom is -0.491 e. The summed E-state index contributed by atoms with van der Waals surface area (Å²) in [5.74, 6) is 0.570. The van der Waals surface area contributed by atoms with Gasteiger partial charge in [-0.3, -0.25) is 9.69 Å². The molecular formula is C14H19N3O2. The third kappa shape index (κ3) is 4.98. The van der Waals surface area contributed by atoms with E-state index in [4.69, 9.17) is 10.00 Å². The fraction of sp³-hybridized carbons (Fsp3) is 0.429. The maximum Gasteiger partial charge on any atom is 0.233 e. The highest BCUT2D eigenvalue weighted by molar-refractivity contribution is 5.77. The second-order valence-electron chi connectivity index (χ2n) is 4.00. The van der Waals surface area contributed by atoms with E-state index in [1.807, 2.05) is 17.9 Å². The largest absolute Gasteiger partial charge is 0.491 e. The highest BCUT2D eigenvalue weighted by Crippen LogP contribution is 2.16. The zero-order valence-corrected chi connectivity index (χ0v) is 11.3. The first-order valence-electron chi connectivity index (χ1n) is 6.26. The van der Waals surface area contributed by atoms with Gasteiger partial charge in [0.2, 0.25) is 5.91 Å². The summed E-state index contributed by atoms with van der Waals surface area (Å²) in [6, 6.07) is 9.21. The summed E-state index contributed by atoms with van der Waals surface area (Å²) in [5, 5.41) is 11.5. The SMILES string of the molecule is CCN(CCOc1ccccc1C#N)CC(=O)NC. The number of nitrogens with zero attached hydrogens (tertiary/aromatic N) is 2. The van der Waals surface area contributed by atoms with Crippen molar-refractivity contribution in [3.8, 4) is 11.8 Å². The second kappa shape index (κ2) is 8.11. The van der Waals surface area contributed by atoms with Crippen molar-refractivity contribution in [2.75, 3.05) is 33.3 Å². The molecule has 0 fully saturated rings. The lowest BCUT2D eigenvalue weighted by Gasteiger charge is -2.19. The van der Waals surface area contributed by atoms with Crippen LogP contribution in [-0.2, 0) is 4.79 Å². The number of para-hydroxylation sites is 1. The normalized spacial score (nSPS) is 10.0. The van der Waals surface area contributed by atoms with Crippen molar-refractivity contribution in [3.05, 3.63) is 29.8 Å². The lowest BCUT2D eigenvalue weighted by atomic mass is 10.2. The van der Waals surface area contributed by atoms with Crippen LogP contribution in [-0.4, -0.2) is 44.1 Å². The van der Waals surface area contributed by atoms with Crippen LogP contribution in [0, 0.1) is 11.3 Å². The summed E-state index contributed by atoms with van der Waals surface area (Å²) in [5.41, 5.74) is 0.525. The number of likely N-dealkylation sites (N-methyl/N-ethyl adjacent to an activating group) is 2. The number of nitrogens with one attached hydrogen (secondary N) is 1. The van der Waals surface area contributed by atoms with Gasteiger partial charge in [0.25, 0.3) is 0 Å². The lowest BCUT2D eigenvalue weighted by Crippen LogP contribution is -2.37. The molecule has 0 aliphatic rings. The van der Waals surface area contributed by atoms with Crippen LogP contribution in [0.1, 0.15) is 12.5 Å². The molecule has 0 saturated heterocycles. The van der Waals surface area contributed by atoms with Crippen molar-refractivity contribution in [3.63, 3.8) is 0 Å². The Morgan fingerprint density at radius 1 is 1.47 bits per heavy atom. The Labute approximate surface area is 113 Å². The molecule has 0 unspecified atom stereocenters. The van der Waals surface area contributed by atoms with Gasteiger partial charge in [-0.1, -0.05) is 19.1 Å². The molecule has 1 aromatic rings. The average molecular weight is 261 g/mol. The molecule has 0 heterocycles. The average Bonchev–Trinajstić information content (AvgIpc) is 2.46. The molecule has 0 aromatic heterocycles. The molecule has 5 nitrogen and oxygen atoms in total. The highest BCUT2D eigenvalue weighted by atomic mass is 16.5. The Morgan fingerprint density at radius 2 is 2.21 bits per heavy atom. The van der Waals surface area contributed by atoms with E-state index in [1.165, 1.54) is 0 Å². The molecule has 19 heavy (non-hydrogen) atoms. The van der Waals surface area contributed by atoms with Gasteiger partial charge >= 0.3 is 0 Å². The monoisotopic (exact) mass is 261 g/mol. The predicted octanol–water partition coefficient (Wildman–Crippen LogP) is 1.00. The number of hydrogen-bond donors (Lipinski definition) is 1. The number of benzene rings is 1. The molecule has 0 aliphatic carbocycles. The minimum atomic E-state index is -0.0146.